The summed E-state index contributed by atoms with van der Waals surface area (Å²) < 4.78 is 35.9. The number of esters is 1. The van der Waals surface area contributed by atoms with E-state index in [1.807, 2.05) is 30.3 Å². The van der Waals surface area contributed by atoms with Gasteiger partial charge in [0.05, 0.1) is 24.8 Å². The van der Waals surface area contributed by atoms with Crippen LogP contribution in [0.15, 0.2) is 78.9 Å². The molecule has 6 atom stereocenters. The molecular weight excluding hydrogens is 554 g/mol. The SMILES string of the molecule is COc1ccc(O[C@@H]2O[C@@H]3COC(c4ccccc4)O[C@H]3[C@H](OC(=O)CCl)[C@H]2N2C(=O)c3ccccc3C2=O)cc1. The molecule has 0 bridgehead atoms. The van der Waals surface area contributed by atoms with Gasteiger partial charge >= 0.3 is 5.97 Å². The maximum Gasteiger partial charge on any atom is 0.321 e. The highest BCUT2D eigenvalue weighted by molar-refractivity contribution is 6.26. The highest BCUT2D eigenvalue weighted by Gasteiger charge is 2.58. The summed E-state index contributed by atoms with van der Waals surface area (Å²) in [6, 6.07) is 21.2. The molecule has 0 radical (unpaired) electrons. The molecule has 3 aliphatic heterocycles. The van der Waals surface area contributed by atoms with Crippen LogP contribution >= 0.6 is 11.6 Å². The molecule has 10 nitrogen and oxygen atoms in total. The molecule has 6 rings (SSSR count). The van der Waals surface area contributed by atoms with Gasteiger partial charge in [0.15, 0.2) is 12.4 Å². The predicted octanol–water partition coefficient (Wildman–Crippen LogP) is 3.73. The number of amides is 2. The lowest BCUT2D eigenvalue weighted by molar-refractivity contribution is -0.339. The number of fused-ring (bicyclic) bond motifs is 2. The van der Waals surface area contributed by atoms with Crippen molar-refractivity contribution in [2.45, 2.75) is 36.9 Å². The van der Waals surface area contributed by atoms with Crippen molar-refractivity contribution in [2.75, 3.05) is 19.6 Å². The summed E-state index contributed by atoms with van der Waals surface area (Å²) in [4.78, 5) is 41.0. The Balaban J connectivity index is 1.40. The zero-order valence-electron chi connectivity index (χ0n) is 21.9. The Kier molecular flexibility index (Phi) is 7.63. The molecule has 3 heterocycles. The molecule has 0 N–H and O–H groups in total. The monoisotopic (exact) mass is 579 g/mol. The van der Waals surface area contributed by atoms with Crippen LogP contribution in [0.1, 0.15) is 32.6 Å². The number of ether oxygens (including phenoxy) is 6. The number of methoxy groups -OCH3 is 1. The first-order valence-electron chi connectivity index (χ1n) is 13.0. The molecule has 0 saturated carbocycles. The van der Waals surface area contributed by atoms with Crippen LogP contribution in [0.25, 0.3) is 0 Å². The summed E-state index contributed by atoms with van der Waals surface area (Å²) >= 11 is 5.84. The Hall–Kier alpha value is -3.96. The van der Waals surface area contributed by atoms with E-state index in [1.165, 1.54) is 0 Å². The Bertz CT molecular complexity index is 1400. The Morgan fingerprint density at radius 1 is 0.902 bits per heavy atom. The van der Waals surface area contributed by atoms with Crippen LogP contribution in [0.3, 0.4) is 0 Å². The third-order valence-corrected chi connectivity index (χ3v) is 7.41. The van der Waals surface area contributed by atoms with E-state index in [-0.39, 0.29) is 17.7 Å². The molecule has 2 amide bonds. The molecule has 3 aromatic rings. The zero-order valence-corrected chi connectivity index (χ0v) is 22.6. The lowest BCUT2D eigenvalue weighted by Crippen LogP contribution is -2.69. The van der Waals surface area contributed by atoms with Gasteiger partial charge in [-0.3, -0.25) is 19.3 Å². The van der Waals surface area contributed by atoms with Gasteiger partial charge < -0.3 is 28.4 Å². The first-order chi connectivity index (χ1) is 20.0. The minimum Gasteiger partial charge on any atom is -0.497 e. The highest BCUT2D eigenvalue weighted by atomic mass is 35.5. The van der Waals surface area contributed by atoms with Gasteiger partial charge in [-0.05, 0) is 36.4 Å². The number of benzene rings is 3. The second-order valence-corrected chi connectivity index (χ2v) is 9.88. The zero-order chi connectivity index (χ0) is 28.5. The van der Waals surface area contributed by atoms with Crippen molar-refractivity contribution in [1.82, 2.24) is 4.90 Å². The fourth-order valence-corrected chi connectivity index (χ4v) is 5.36. The largest absolute Gasteiger partial charge is 0.497 e. The number of hydrogen-bond donors (Lipinski definition) is 0. The fraction of sp³-hybridized carbons (Fsp3) is 0.300. The molecule has 1 unspecified atom stereocenters. The molecule has 2 saturated heterocycles. The number of alkyl halides is 1. The van der Waals surface area contributed by atoms with Crippen LogP contribution in [0.4, 0.5) is 0 Å². The van der Waals surface area contributed by atoms with Gasteiger partial charge in [-0.2, -0.15) is 0 Å². The maximum absolute atomic E-state index is 13.7. The predicted molar refractivity (Wildman–Crippen MR) is 144 cm³/mol. The van der Waals surface area contributed by atoms with Gasteiger partial charge in [0, 0.05) is 5.56 Å². The smallest absolute Gasteiger partial charge is 0.321 e. The topological polar surface area (TPSA) is 110 Å². The summed E-state index contributed by atoms with van der Waals surface area (Å²) in [7, 11) is 1.54. The van der Waals surface area contributed by atoms with Crippen LogP contribution in [0.2, 0.25) is 0 Å². The summed E-state index contributed by atoms with van der Waals surface area (Å²) in [5.41, 5.74) is 1.18. The molecular formula is C30H26ClNO9. The van der Waals surface area contributed by atoms with E-state index < -0.39 is 60.6 Å². The summed E-state index contributed by atoms with van der Waals surface area (Å²) in [5.74, 6) is -1.37. The van der Waals surface area contributed by atoms with Crippen molar-refractivity contribution in [1.29, 1.82) is 0 Å². The number of hydrogen-bond acceptors (Lipinski definition) is 9. The van der Waals surface area contributed by atoms with Gasteiger partial charge in [0.1, 0.15) is 35.6 Å². The van der Waals surface area contributed by atoms with Crippen LogP contribution in [-0.2, 0) is 23.7 Å². The maximum atomic E-state index is 13.7. The van der Waals surface area contributed by atoms with E-state index in [9.17, 15) is 14.4 Å². The molecule has 11 heteroatoms. The minimum atomic E-state index is -1.25. The molecule has 0 aromatic heterocycles. The summed E-state index contributed by atoms with van der Waals surface area (Å²) in [5, 5.41) is 0. The second-order valence-electron chi connectivity index (χ2n) is 9.62. The average molecular weight is 580 g/mol. The van der Waals surface area contributed by atoms with Gasteiger partial charge in [-0.15, -0.1) is 11.6 Å². The van der Waals surface area contributed by atoms with Gasteiger partial charge in [-0.1, -0.05) is 42.5 Å². The van der Waals surface area contributed by atoms with Crippen molar-refractivity contribution in [3.8, 4) is 11.5 Å². The Morgan fingerprint density at radius 2 is 1.54 bits per heavy atom. The van der Waals surface area contributed by atoms with Crippen LogP contribution in [0, 0.1) is 0 Å². The van der Waals surface area contributed by atoms with E-state index in [0.29, 0.717) is 11.5 Å². The molecule has 0 spiro atoms. The number of nitrogens with zero attached hydrogens (tertiary/aromatic N) is 1. The molecule has 3 aromatic carbocycles. The quantitative estimate of drug-likeness (QED) is 0.235. The van der Waals surface area contributed by atoms with E-state index in [4.69, 9.17) is 40.0 Å². The van der Waals surface area contributed by atoms with Crippen molar-refractivity contribution in [2.24, 2.45) is 0 Å². The Morgan fingerprint density at radius 3 is 2.17 bits per heavy atom. The van der Waals surface area contributed by atoms with Gasteiger partial charge in [-0.25, -0.2) is 0 Å². The Labute approximate surface area is 240 Å². The molecule has 3 aliphatic rings. The van der Waals surface area contributed by atoms with Crippen molar-refractivity contribution < 1.29 is 42.8 Å². The first-order valence-corrected chi connectivity index (χ1v) is 13.5. The summed E-state index contributed by atoms with van der Waals surface area (Å²) in [6.07, 6.45) is -4.94. The van der Waals surface area contributed by atoms with Crippen LogP contribution in [0.5, 0.6) is 11.5 Å². The van der Waals surface area contributed by atoms with Crippen LogP contribution < -0.4 is 9.47 Å². The number of halogens is 1. The standard InChI is InChI=1S/C30H26ClNO9/c1-36-18-11-13-19(14-12-18)38-30-24(32-27(34)20-9-5-6-10-21(20)28(32)35)26(40-23(33)15-31)25-22(39-30)16-37-29(41-25)17-7-3-2-4-8-17/h2-14,22,24-26,29-30H,15-16H2,1H3/t22-,24-,25-,26-,29?,30-/m1/s1. The fourth-order valence-electron chi connectivity index (χ4n) is 5.29. The third-order valence-electron chi connectivity index (χ3n) is 7.19. The van der Waals surface area contributed by atoms with E-state index >= 15 is 0 Å². The number of rotatable bonds is 7. The lowest BCUT2D eigenvalue weighted by atomic mass is 9.94. The van der Waals surface area contributed by atoms with E-state index in [0.717, 1.165) is 10.5 Å². The second kappa shape index (κ2) is 11.5. The molecule has 41 heavy (non-hydrogen) atoms. The first kappa shape index (κ1) is 27.2. The number of carbonyl (C=O) groups is 3. The highest BCUT2D eigenvalue weighted by Crippen LogP contribution is 2.40. The van der Waals surface area contributed by atoms with Crippen molar-refractivity contribution >= 4 is 29.4 Å². The van der Waals surface area contributed by atoms with Crippen LogP contribution in [-0.4, -0.2) is 72.9 Å². The number of carbonyl (C=O) groups excluding carboxylic acids is 3. The molecule has 2 fully saturated rings. The van der Waals surface area contributed by atoms with Crippen molar-refractivity contribution in [3.05, 3.63) is 95.6 Å². The molecule has 212 valence electrons. The summed E-state index contributed by atoms with van der Waals surface area (Å²) in [6.45, 7) is 0.0659. The van der Waals surface area contributed by atoms with E-state index in [1.54, 1.807) is 55.6 Å². The molecule has 0 aliphatic carbocycles. The lowest BCUT2D eigenvalue weighted by Gasteiger charge is -2.50. The number of imide groups is 1. The normalized spacial score (nSPS) is 27.1. The third kappa shape index (κ3) is 5.15. The van der Waals surface area contributed by atoms with Crippen molar-refractivity contribution in [3.63, 3.8) is 0 Å². The van der Waals surface area contributed by atoms with Gasteiger partial charge in [0.25, 0.3) is 11.8 Å². The van der Waals surface area contributed by atoms with E-state index in [2.05, 4.69) is 0 Å². The minimum absolute atomic E-state index is 0.0659. The average Bonchev–Trinajstić information content (AvgIpc) is 3.27. The van der Waals surface area contributed by atoms with Gasteiger partial charge in [0.2, 0.25) is 6.29 Å².